The van der Waals surface area contributed by atoms with Gasteiger partial charge < -0.3 is 15.1 Å². The van der Waals surface area contributed by atoms with Crippen molar-refractivity contribution < 1.29 is 14.4 Å². The summed E-state index contributed by atoms with van der Waals surface area (Å²) in [5.74, 6) is 0.896. The zero-order valence-corrected chi connectivity index (χ0v) is 25.5. The van der Waals surface area contributed by atoms with Crippen LogP contribution in [-0.2, 0) is 29.1 Å². The predicted octanol–water partition coefficient (Wildman–Crippen LogP) is 2.34. The molecule has 4 heterocycles. The van der Waals surface area contributed by atoms with Crippen LogP contribution < -0.4 is 5.32 Å². The summed E-state index contributed by atoms with van der Waals surface area (Å²) in [6.45, 7) is 4.04. The fourth-order valence-electron chi connectivity index (χ4n) is 6.19. The zero-order chi connectivity index (χ0) is 31.2. The molecule has 0 aliphatic carbocycles. The van der Waals surface area contributed by atoms with Crippen molar-refractivity contribution in [2.75, 3.05) is 19.6 Å². The number of hydrogen-bond donors (Lipinski definition) is 1. The molecule has 4 aromatic rings. The Morgan fingerprint density at radius 3 is 2.53 bits per heavy atom. The lowest BCUT2D eigenvalue weighted by Gasteiger charge is -2.36. The molecule has 2 aliphatic heterocycles. The van der Waals surface area contributed by atoms with Crippen LogP contribution in [0.5, 0.6) is 0 Å². The number of carbonyl (C=O) groups is 3. The van der Waals surface area contributed by atoms with E-state index in [9.17, 15) is 14.4 Å². The summed E-state index contributed by atoms with van der Waals surface area (Å²) < 4.78 is 3.43. The molecular weight excluding hydrogens is 572 g/mol. The highest BCUT2D eigenvalue weighted by Gasteiger charge is 2.34. The number of benzene rings is 2. The number of amides is 3. The van der Waals surface area contributed by atoms with Crippen molar-refractivity contribution in [1.29, 1.82) is 0 Å². The highest BCUT2D eigenvalue weighted by Crippen LogP contribution is 2.23. The van der Waals surface area contributed by atoms with E-state index < -0.39 is 12.1 Å². The molecule has 13 nitrogen and oxygen atoms in total. The summed E-state index contributed by atoms with van der Waals surface area (Å²) in [6, 6.07) is 16.4. The fourth-order valence-corrected chi connectivity index (χ4v) is 6.19. The van der Waals surface area contributed by atoms with Crippen LogP contribution in [0.3, 0.4) is 0 Å². The van der Waals surface area contributed by atoms with Gasteiger partial charge in [0, 0.05) is 31.6 Å². The fraction of sp³-hybridized carbons (Fsp3) is 0.438. The second kappa shape index (κ2) is 13.8. The van der Waals surface area contributed by atoms with Crippen molar-refractivity contribution in [2.45, 2.75) is 70.6 Å². The number of aromatic nitrogens is 7. The topological polar surface area (TPSA) is 144 Å². The Bertz CT molecular complexity index is 1600. The van der Waals surface area contributed by atoms with Gasteiger partial charge in [-0.05, 0) is 72.7 Å². The molecule has 234 valence electrons. The third-order valence-corrected chi connectivity index (χ3v) is 8.47. The summed E-state index contributed by atoms with van der Waals surface area (Å²) in [7, 11) is 0. The average molecular weight is 611 g/mol. The molecule has 0 spiro atoms. The number of piperidine rings is 1. The molecule has 6 rings (SSSR count). The Balaban J connectivity index is 1.28. The van der Waals surface area contributed by atoms with E-state index in [1.807, 2.05) is 66.2 Å². The van der Waals surface area contributed by atoms with Crippen molar-refractivity contribution >= 4 is 17.7 Å². The lowest BCUT2D eigenvalue weighted by Crippen LogP contribution is -2.53. The van der Waals surface area contributed by atoms with E-state index >= 15 is 0 Å². The SMILES string of the molecule is Cc1nc2n(n1)CCN(C(=O)c1ccc(Cn3cnnn3)cc1)CCCC(=O)N1CCCC[C@H]1C(=O)N[C@@H]2Cc1ccccc1. The van der Waals surface area contributed by atoms with Crippen LogP contribution in [0, 0.1) is 6.92 Å². The first-order valence-electron chi connectivity index (χ1n) is 15.6. The van der Waals surface area contributed by atoms with Crippen molar-refractivity contribution in [3.05, 3.63) is 89.3 Å². The Morgan fingerprint density at radius 1 is 0.933 bits per heavy atom. The maximum Gasteiger partial charge on any atom is 0.253 e. The molecule has 1 N–H and O–H groups in total. The number of hydrogen-bond acceptors (Lipinski definition) is 8. The van der Waals surface area contributed by atoms with Gasteiger partial charge in [-0.15, -0.1) is 5.10 Å². The summed E-state index contributed by atoms with van der Waals surface area (Å²) in [5.41, 5.74) is 2.58. The van der Waals surface area contributed by atoms with Crippen LogP contribution in [0.25, 0.3) is 0 Å². The molecule has 1 fully saturated rings. The van der Waals surface area contributed by atoms with E-state index in [1.165, 1.54) is 0 Å². The van der Waals surface area contributed by atoms with Gasteiger partial charge in [0.25, 0.3) is 5.91 Å². The van der Waals surface area contributed by atoms with Gasteiger partial charge in [-0.3, -0.25) is 14.4 Å². The standard InChI is InChI=1S/C32H38N10O3/c1-23-34-30-27(20-24-8-3-2-4-9-24)35-31(44)28-10-5-6-17-41(28)29(43)11-7-16-39(18-19-42(30)36-23)32(45)26-14-12-25(13-15-26)21-40-22-33-37-38-40/h2-4,8-9,12-15,22,27-28H,5-7,10-11,16-21H2,1H3,(H,35,44)/t27-,28+/m1/s1. The molecule has 2 aromatic carbocycles. The molecule has 2 atom stereocenters. The average Bonchev–Trinajstić information content (AvgIpc) is 3.71. The van der Waals surface area contributed by atoms with Gasteiger partial charge in [-0.1, -0.05) is 42.5 Å². The van der Waals surface area contributed by atoms with E-state index in [0.717, 1.165) is 24.0 Å². The highest BCUT2D eigenvalue weighted by atomic mass is 16.2. The normalized spacial score (nSPS) is 19.8. The quantitative estimate of drug-likeness (QED) is 0.363. The minimum Gasteiger partial charge on any atom is -0.344 e. The van der Waals surface area contributed by atoms with Gasteiger partial charge in [0.15, 0.2) is 0 Å². The van der Waals surface area contributed by atoms with Gasteiger partial charge in [0.2, 0.25) is 11.8 Å². The molecule has 0 unspecified atom stereocenters. The van der Waals surface area contributed by atoms with Crippen LogP contribution in [-0.4, -0.2) is 88.2 Å². The van der Waals surface area contributed by atoms with Crippen molar-refractivity contribution in [3.63, 3.8) is 0 Å². The maximum atomic E-state index is 13.8. The number of fused-ring (bicyclic) bond motifs is 2. The second-order valence-corrected chi connectivity index (χ2v) is 11.7. The molecule has 1 saturated heterocycles. The van der Waals surface area contributed by atoms with E-state index in [-0.39, 0.29) is 24.1 Å². The van der Waals surface area contributed by atoms with Crippen molar-refractivity contribution in [1.82, 2.24) is 50.1 Å². The summed E-state index contributed by atoms with van der Waals surface area (Å²) >= 11 is 0. The van der Waals surface area contributed by atoms with Crippen LogP contribution in [0.4, 0.5) is 0 Å². The number of aryl methyl sites for hydroxylation is 1. The number of nitrogens with zero attached hydrogens (tertiary/aromatic N) is 9. The maximum absolute atomic E-state index is 13.8. The summed E-state index contributed by atoms with van der Waals surface area (Å²) in [4.78, 5) is 49.3. The molecule has 0 saturated carbocycles. The Labute approximate surface area is 261 Å². The number of carbonyl (C=O) groups excluding carboxylic acids is 3. The van der Waals surface area contributed by atoms with E-state index in [0.29, 0.717) is 69.2 Å². The van der Waals surface area contributed by atoms with Crippen molar-refractivity contribution in [3.8, 4) is 0 Å². The number of tetrazole rings is 1. The monoisotopic (exact) mass is 610 g/mol. The molecule has 45 heavy (non-hydrogen) atoms. The van der Waals surface area contributed by atoms with Gasteiger partial charge in [0.05, 0.1) is 19.1 Å². The zero-order valence-electron chi connectivity index (χ0n) is 25.5. The van der Waals surface area contributed by atoms with E-state index in [4.69, 9.17) is 4.98 Å². The first-order valence-corrected chi connectivity index (χ1v) is 15.6. The van der Waals surface area contributed by atoms with Gasteiger partial charge in [-0.2, -0.15) is 5.10 Å². The van der Waals surface area contributed by atoms with Gasteiger partial charge in [-0.25, -0.2) is 14.3 Å². The third-order valence-electron chi connectivity index (χ3n) is 8.47. The molecule has 2 aromatic heterocycles. The number of nitrogens with one attached hydrogen (secondary N) is 1. The minimum absolute atomic E-state index is 0.0510. The smallest absolute Gasteiger partial charge is 0.253 e. The molecule has 3 amide bonds. The van der Waals surface area contributed by atoms with Crippen LogP contribution in [0.15, 0.2) is 60.9 Å². The summed E-state index contributed by atoms with van der Waals surface area (Å²) in [5, 5.41) is 19.2. The lowest BCUT2D eigenvalue weighted by molar-refractivity contribution is -0.142. The third kappa shape index (κ3) is 7.24. The second-order valence-electron chi connectivity index (χ2n) is 11.7. The van der Waals surface area contributed by atoms with Crippen molar-refractivity contribution in [2.24, 2.45) is 0 Å². The summed E-state index contributed by atoms with van der Waals surface area (Å²) in [6.07, 6.45) is 5.19. The molecule has 2 aliphatic rings. The first kappa shape index (κ1) is 30.1. The number of rotatable bonds is 5. The largest absolute Gasteiger partial charge is 0.344 e. The van der Waals surface area contributed by atoms with Gasteiger partial charge >= 0.3 is 0 Å². The highest BCUT2D eigenvalue weighted by molar-refractivity contribution is 5.94. The Kier molecular flexibility index (Phi) is 9.22. The first-order chi connectivity index (χ1) is 21.9. The van der Waals surface area contributed by atoms with Gasteiger partial charge in [0.1, 0.15) is 24.0 Å². The lowest BCUT2D eigenvalue weighted by atomic mass is 9.99. The minimum atomic E-state index is -0.533. The Morgan fingerprint density at radius 2 is 1.76 bits per heavy atom. The molecular formula is C32H38N10O3. The van der Waals surface area contributed by atoms with Crippen LogP contribution in [0.2, 0.25) is 0 Å². The Hall–Kier alpha value is -4.94. The molecule has 0 radical (unpaired) electrons. The van der Waals surface area contributed by atoms with Crippen LogP contribution >= 0.6 is 0 Å². The predicted molar refractivity (Wildman–Crippen MR) is 164 cm³/mol. The molecule has 13 heteroatoms. The van der Waals surface area contributed by atoms with Crippen LogP contribution in [0.1, 0.15) is 71.3 Å². The van der Waals surface area contributed by atoms with E-state index in [1.54, 1.807) is 20.8 Å². The van der Waals surface area contributed by atoms with E-state index in [2.05, 4.69) is 25.9 Å². The molecule has 0 bridgehead atoms.